The first kappa shape index (κ1) is 15.8. The summed E-state index contributed by atoms with van der Waals surface area (Å²) in [6.45, 7) is 1.68. The lowest BCUT2D eigenvalue weighted by Crippen LogP contribution is -2.37. The van der Waals surface area contributed by atoms with Crippen molar-refractivity contribution in [2.75, 3.05) is 34.1 Å². The summed E-state index contributed by atoms with van der Waals surface area (Å²) in [6, 6.07) is 7.58. The minimum Gasteiger partial charge on any atom is -0.496 e. The van der Waals surface area contributed by atoms with Gasteiger partial charge in [0.1, 0.15) is 17.5 Å². The van der Waals surface area contributed by atoms with Gasteiger partial charge in [0.2, 0.25) is 5.88 Å². The van der Waals surface area contributed by atoms with Gasteiger partial charge in [-0.1, -0.05) is 12.1 Å². The lowest BCUT2D eigenvalue weighted by molar-refractivity contribution is -0.00558. The number of carbonyl (C=O) groups is 1. The second kappa shape index (κ2) is 6.97. The number of rotatable bonds is 4. The molecule has 0 unspecified atom stereocenters. The van der Waals surface area contributed by atoms with Gasteiger partial charge in [-0.05, 0) is 18.6 Å². The van der Waals surface area contributed by atoms with Gasteiger partial charge >= 0.3 is 0 Å². The molecule has 1 aromatic carbocycles. The number of para-hydroxylation sites is 1. The first-order chi connectivity index (χ1) is 11.2. The Balaban J connectivity index is 1.96. The molecule has 0 N–H and O–H groups in total. The minimum atomic E-state index is -0.111. The van der Waals surface area contributed by atoms with Gasteiger partial charge < -0.3 is 19.1 Å². The van der Waals surface area contributed by atoms with Gasteiger partial charge in [-0.15, -0.1) is 11.3 Å². The molecule has 2 aromatic rings. The van der Waals surface area contributed by atoms with Crippen LogP contribution in [0.2, 0.25) is 0 Å². The fourth-order valence-corrected chi connectivity index (χ4v) is 3.45. The molecule has 2 heterocycles. The Morgan fingerprint density at radius 3 is 2.83 bits per heavy atom. The molecule has 1 fully saturated rings. The summed E-state index contributed by atoms with van der Waals surface area (Å²) in [5.74, 6) is 0.941. The number of hydrogen-bond acceptors (Lipinski definition) is 6. The van der Waals surface area contributed by atoms with Gasteiger partial charge in [0.25, 0.3) is 5.91 Å². The number of thiazole rings is 1. The van der Waals surface area contributed by atoms with E-state index in [4.69, 9.17) is 14.2 Å². The maximum absolute atomic E-state index is 12.7. The molecule has 1 amide bonds. The fourth-order valence-electron chi connectivity index (χ4n) is 2.42. The van der Waals surface area contributed by atoms with E-state index in [1.807, 2.05) is 24.3 Å². The highest BCUT2D eigenvalue weighted by molar-refractivity contribution is 7.17. The van der Waals surface area contributed by atoms with Gasteiger partial charge in [0.15, 0.2) is 4.88 Å². The molecule has 0 bridgehead atoms. The van der Waals surface area contributed by atoms with E-state index in [0.29, 0.717) is 41.4 Å². The third kappa shape index (κ3) is 3.16. The molecule has 1 aliphatic heterocycles. The summed E-state index contributed by atoms with van der Waals surface area (Å²) in [7, 11) is 3.13. The highest BCUT2D eigenvalue weighted by Crippen LogP contribution is 2.37. The average molecular weight is 334 g/mol. The van der Waals surface area contributed by atoms with E-state index >= 15 is 0 Å². The van der Waals surface area contributed by atoms with E-state index in [0.717, 1.165) is 12.0 Å². The number of methoxy groups -OCH3 is 2. The van der Waals surface area contributed by atoms with E-state index in [1.165, 1.54) is 18.4 Å². The van der Waals surface area contributed by atoms with Gasteiger partial charge in [0, 0.05) is 6.54 Å². The van der Waals surface area contributed by atoms with Crippen LogP contribution in [-0.2, 0) is 4.74 Å². The van der Waals surface area contributed by atoms with Crippen molar-refractivity contribution in [2.45, 2.75) is 6.42 Å². The first-order valence-corrected chi connectivity index (χ1v) is 8.11. The van der Waals surface area contributed by atoms with E-state index in [2.05, 4.69) is 4.98 Å². The van der Waals surface area contributed by atoms with Gasteiger partial charge in [-0.3, -0.25) is 4.79 Å². The van der Waals surface area contributed by atoms with Crippen molar-refractivity contribution in [1.29, 1.82) is 0 Å². The van der Waals surface area contributed by atoms with E-state index in [1.54, 1.807) is 12.0 Å². The molecule has 0 atom stereocenters. The van der Waals surface area contributed by atoms with Crippen LogP contribution < -0.4 is 9.47 Å². The predicted molar refractivity (Wildman–Crippen MR) is 87.1 cm³/mol. The maximum Gasteiger partial charge on any atom is 0.271 e. The van der Waals surface area contributed by atoms with E-state index < -0.39 is 0 Å². The van der Waals surface area contributed by atoms with Gasteiger partial charge in [-0.25, -0.2) is 4.98 Å². The molecule has 3 rings (SSSR count). The van der Waals surface area contributed by atoms with Gasteiger partial charge in [0.05, 0.1) is 26.4 Å². The summed E-state index contributed by atoms with van der Waals surface area (Å²) in [6.07, 6.45) is 0.840. The normalized spacial score (nSPS) is 14.6. The second-order valence-corrected chi connectivity index (χ2v) is 6.02. The Morgan fingerprint density at radius 2 is 2.13 bits per heavy atom. The minimum absolute atomic E-state index is 0.111. The maximum atomic E-state index is 12.7. The third-order valence-corrected chi connectivity index (χ3v) is 4.63. The molecule has 7 heteroatoms. The molecule has 0 aliphatic carbocycles. The van der Waals surface area contributed by atoms with Crippen LogP contribution in [0.1, 0.15) is 16.1 Å². The lowest BCUT2D eigenvalue weighted by atomic mass is 10.2. The molecule has 1 aromatic heterocycles. The highest BCUT2D eigenvalue weighted by Gasteiger charge is 2.26. The Morgan fingerprint density at radius 1 is 1.30 bits per heavy atom. The Bertz CT molecular complexity index is 695. The van der Waals surface area contributed by atoms with Crippen LogP contribution in [0.25, 0.3) is 10.6 Å². The average Bonchev–Trinajstić information content (AvgIpc) is 3.06. The zero-order valence-electron chi connectivity index (χ0n) is 13.1. The highest BCUT2D eigenvalue weighted by atomic mass is 32.1. The van der Waals surface area contributed by atoms with E-state index in [-0.39, 0.29) is 5.91 Å². The Hall–Kier alpha value is -2.12. The summed E-state index contributed by atoms with van der Waals surface area (Å²) < 4.78 is 16.0. The number of amides is 1. The number of aromatic nitrogens is 1. The molecule has 1 aliphatic rings. The molecule has 122 valence electrons. The van der Waals surface area contributed by atoms with Crippen molar-refractivity contribution in [3.05, 3.63) is 29.1 Å². The third-order valence-electron chi connectivity index (χ3n) is 3.57. The topological polar surface area (TPSA) is 60.9 Å². The number of ether oxygens (including phenoxy) is 3. The zero-order chi connectivity index (χ0) is 16.2. The van der Waals surface area contributed by atoms with Crippen molar-refractivity contribution < 1.29 is 19.0 Å². The van der Waals surface area contributed by atoms with Crippen LogP contribution in [0.4, 0.5) is 0 Å². The molecule has 6 nitrogen and oxygen atoms in total. The van der Waals surface area contributed by atoms with Crippen LogP contribution in [-0.4, -0.2) is 49.9 Å². The zero-order valence-corrected chi connectivity index (χ0v) is 13.9. The van der Waals surface area contributed by atoms with Crippen molar-refractivity contribution in [3.8, 4) is 22.2 Å². The summed E-state index contributed by atoms with van der Waals surface area (Å²) >= 11 is 1.31. The van der Waals surface area contributed by atoms with Crippen LogP contribution in [0, 0.1) is 0 Å². The first-order valence-electron chi connectivity index (χ1n) is 7.30. The van der Waals surface area contributed by atoms with Crippen LogP contribution in [0.3, 0.4) is 0 Å². The van der Waals surface area contributed by atoms with Crippen LogP contribution in [0.5, 0.6) is 11.6 Å². The fraction of sp³-hybridized carbons (Fsp3) is 0.375. The lowest BCUT2D eigenvalue weighted by Gasteiger charge is -2.26. The monoisotopic (exact) mass is 334 g/mol. The number of nitrogens with zero attached hydrogens (tertiary/aromatic N) is 2. The molecule has 0 radical (unpaired) electrons. The summed E-state index contributed by atoms with van der Waals surface area (Å²) in [5.41, 5.74) is 0.840. The number of hydrogen-bond donors (Lipinski definition) is 0. The van der Waals surface area contributed by atoms with Gasteiger partial charge in [-0.2, -0.15) is 0 Å². The van der Waals surface area contributed by atoms with Crippen LogP contribution in [0.15, 0.2) is 24.3 Å². The number of benzene rings is 1. The molecular formula is C16H18N2O4S. The summed E-state index contributed by atoms with van der Waals surface area (Å²) in [4.78, 5) is 19.3. The Labute approximate surface area is 138 Å². The second-order valence-electron chi connectivity index (χ2n) is 5.02. The van der Waals surface area contributed by atoms with Crippen molar-refractivity contribution in [1.82, 2.24) is 9.88 Å². The molecule has 0 saturated carbocycles. The molecule has 0 spiro atoms. The predicted octanol–water partition coefficient (Wildman–Crippen LogP) is 2.65. The van der Waals surface area contributed by atoms with Crippen molar-refractivity contribution in [2.24, 2.45) is 0 Å². The summed E-state index contributed by atoms with van der Waals surface area (Å²) in [5, 5.41) is 0.695. The largest absolute Gasteiger partial charge is 0.496 e. The standard InChI is InChI=1S/C16H18N2O4S/c1-20-12-7-4-3-6-11(12)15-17-14(21-2)13(23-15)16(19)18-8-5-9-22-10-18/h3-4,6-7H,5,8-10H2,1-2H3. The van der Waals surface area contributed by atoms with Crippen molar-refractivity contribution >= 4 is 17.2 Å². The SMILES string of the molecule is COc1ccccc1-c1nc(OC)c(C(=O)N2CCCOC2)s1. The van der Waals surface area contributed by atoms with Crippen molar-refractivity contribution in [3.63, 3.8) is 0 Å². The molecule has 23 heavy (non-hydrogen) atoms. The van der Waals surface area contributed by atoms with Crippen LogP contribution >= 0.6 is 11.3 Å². The quantitative estimate of drug-likeness (QED) is 0.860. The van der Waals surface area contributed by atoms with E-state index in [9.17, 15) is 4.79 Å². The Kier molecular flexibility index (Phi) is 4.78. The molecular weight excluding hydrogens is 316 g/mol. The number of carbonyl (C=O) groups excluding carboxylic acids is 1. The smallest absolute Gasteiger partial charge is 0.271 e. The molecule has 1 saturated heterocycles.